The van der Waals surface area contributed by atoms with Gasteiger partial charge in [0.15, 0.2) is 11.6 Å². The summed E-state index contributed by atoms with van der Waals surface area (Å²) >= 11 is 0. The van der Waals surface area contributed by atoms with E-state index in [2.05, 4.69) is 20.2 Å². The molecule has 0 fully saturated rings. The molecule has 5 rings (SSSR count). The predicted octanol–water partition coefficient (Wildman–Crippen LogP) is 4.34. The summed E-state index contributed by atoms with van der Waals surface area (Å²) in [4.78, 5) is 20.6. The molecule has 0 aliphatic heterocycles. The number of hydrogen-bond donors (Lipinski definition) is 2. The van der Waals surface area contributed by atoms with Crippen molar-refractivity contribution in [3.05, 3.63) is 83.9 Å². The third-order valence-corrected chi connectivity index (χ3v) is 4.47. The van der Waals surface area contributed by atoms with E-state index in [1.807, 2.05) is 72.8 Å². The molecule has 3 aromatic carbocycles. The van der Waals surface area contributed by atoms with Crippen molar-refractivity contribution in [3.63, 3.8) is 0 Å². The van der Waals surface area contributed by atoms with Crippen LogP contribution in [0.15, 0.2) is 72.8 Å². The van der Waals surface area contributed by atoms with E-state index >= 15 is 0 Å². The van der Waals surface area contributed by atoms with Crippen LogP contribution < -0.4 is 0 Å². The highest BCUT2D eigenvalue weighted by atomic mass is 16.1. The third-order valence-electron chi connectivity index (χ3n) is 4.47. The number of fused-ring (bicyclic) bond motifs is 2. The van der Waals surface area contributed by atoms with Gasteiger partial charge in [0.25, 0.3) is 0 Å². The Morgan fingerprint density at radius 2 is 1.62 bits per heavy atom. The molecule has 5 aromatic rings. The van der Waals surface area contributed by atoms with Crippen molar-refractivity contribution in [2.75, 3.05) is 0 Å². The number of para-hydroxylation sites is 1. The molecule has 0 spiro atoms. The fraction of sp³-hybridized carbons (Fsp3) is 0. The van der Waals surface area contributed by atoms with E-state index in [-0.39, 0.29) is 5.78 Å². The Hall–Kier alpha value is -3.73. The maximum Gasteiger partial charge on any atom is 0.193 e. The standard InChI is InChI=1S/C21H14N4O/c26-20(13-6-2-1-3-7-13)14-10-11-17-18(12-14)23-21(22-17)19-15-8-4-5-9-16(15)24-25-19/h1-12H,(H,22,23)(H,24,25). The van der Waals surface area contributed by atoms with Crippen LogP contribution in [0.5, 0.6) is 0 Å². The fourth-order valence-electron chi connectivity index (χ4n) is 3.16. The van der Waals surface area contributed by atoms with Crippen molar-refractivity contribution >= 4 is 27.7 Å². The molecule has 0 aliphatic rings. The number of aromatic amines is 2. The van der Waals surface area contributed by atoms with Crippen LogP contribution in [0.1, 0.15) is 15.9 Å². The van der Waals surface area contributed by atoms with Crippen molar-refractivity contribution in [1.29, 1.82) is 0 Å². The van der Waals surface area contributed by atoms with E-state index in [4.69, 9.17) is 0 Å². The lowest BCUT2D eigenvalue weighted by atomic mass is 10.0. The number of hydrogen-bond acceptors (Lipinski definition) is 3. The summed E-state index contributed by atoms with van der Waals surface area (Å²) in [6.45, 7) is 0. The van der Waals surface area contributed by atoms with Crippen LogP contribution >= 0.6 is 0 Å². The van der Waals surface area contributed by atoms with Gasteiger partial charge in [-0.3, -0.25) is 9.89 Å². The Morgan fingerprint density at radius 1 is 0.808 bits per heavy atom. The second-order valence-corrected chi connectivity index (χ2v) is 6.13. The molecule has 0 aliphatic carbocycles. The van der Waals surface area contributed by atoms with E-state index < -0.39 is 0 Å². The molecule has 0 radical (unpaired) electrons. The molecule has 26 heavy (non-hydrogen) atoms. The Bertz CT molecular complexity index is 1250. The first-order chi connectivity index (χ1) is 12.8. The lowest BCUT2D eigenvalue weighted by molar-refractivity contribution is 0.103. The smallest absolute Gasteiger partial charge is 0.193 e. The van der Waals surface area contributed by atoms with Crippen LogP contribution in [0.2, 0.25) is 0 Å². The largest absolute Gasteiger partial charge is 0.337 e. The number of nitrogens with one attached hydrogen (secondary N) is 2. The summed E-state index contributed by atoms with van der Waals surface area (Å²) in [5.41, 5.74) is 4.65. The van der Waals surface area contributed by atoms with Crippen LogP contribution in [0, 0.1) is 0 Å². The number of carbonyl (C=O) groups excluding carboxylic acids is 1. The summed E-state index contributed by atoms with van der Waals surface area (Å²) in [7, 11) is 0. The van der Waals surface area contributed by atoms with Gasteiger partial charge in [0, 0.05) is 16.5 Å². The normalized spacial score (nSPS) is 11.2. The van der Waals surface area contributed by atoms with Gasteiger partial charge in [-0.2, -0.15) is 5.10 Å². The third kappa shape index (κ3) is 2.29. The Labute approximate surface area is 148 Å². The van der Waals surface area contributed by atoms with Crippen LogP contribution in [0.25, 0.3) is 33.5 Å². The van der Waals surface area contributed by atoms with Gasteiger partial charge in [-0.05, 0) is 24.3 Å². The zero-order valence-electron chi connectivity index (χ0n) is 13.7. The number of benzene rings is 3. The quantitative estimate of drug-likeness (QED) is 0.481. The number of rotatable bonds is 3. The summed E-state index contributed by atoms with van der Waals surface area (Å²) < 4.78 is 0. The topological polar surface area (TPSA) is 74.4 Å². The Morgan fingerprint density at radius 3 is 2.50 bits per heavy atom. The lowest BCUT2D eigenvalue weighted by Gasteiger charge is -2.00. The highest BCUT2D eigenvalue weighted by Gasteiger charge is 2.14. The second kappa shape index (κ2) is 5.67. The van der Waals surface area contributed by atoms with Crippen LogP contribution in [-0.4, -0.2) is 25.9 Å². The summed E-state index contributed by atoms with van der Waals surface area (Å²) in [6, 6.07) is 22.7. The Balaban J connectivity index is 1.59. The molecular formula is C21H14N4O. The van der Waals surface area contributed by atoms with E-state index in [9.17, 15) is 4.79 Å². The first kappa shape index (κ1) is 14.6. The molecule has 2 aromatic heterocycles. The van der Waals surface area contributed by atoms with E-state index in [1.165, 1.54) is 0 Å². The number of aromatic nitrogens is 4. The Kier molecular flexibility index (Phi) is 3.18. The minimum atomic E-state index is -0.00568. The summed E-state index contributed by atoms with van der Waals surface area (Å²) in [5.74, 6) is 0.677. The molecule has 0 unspecified atom stereocenters. The molecule has 0 saturated heterocycles. The number of nitrogens with zero attached hydrogens (tertiary/aromatic N) is 2. The van der Waals surface area contributed by atoms with Crippen molar-refractivity contribution < 1.29 is 4.79 Å². The van der Waals surface area contributed by atoms with Gasteiger partial charge >= 0.3 is 0 Å². The minimum Gasteiger partial charge on any atom is -0.337 e. The van der Waals surface area contributed by atoms with Crippen molar-refractivity contribution in [3.8, 4) is 11.5 Å². The average molecular weight is 338 g/mol. The summed E-state index contributed by atoms with van der Waals surface area (Å²) in [6.07, 6.45) is 0. The molecule has 2 N–H and O–H groups in total. The average Bonchev–Trinajstić information content (AvgIpc) is 3.31. The van der Waals surface area contributed by atoms with E-state index in [1.54, 1.807) is 0 Å². The molecule has 5 heteroatoms. The van der Waals surface area contributed by atoms with Crippen LogP contribution in [0.3, 0.4) is 0 Å². The first-order valence-electron chi connectivity index (χ1n) is 8.32. The van der Waals surface area contributed by atoms with E-state index in [0.717, 1.165) is 27.6 Å². The monoisotopic (exact) mass is 338 g/mol. The number of carbonyl (C=O) groups is 1. The molecule has 0 atom stereocenters. The van der Waals surface area contributed by atoms with Crippen molar-refractivity contribution in [1.82, 2.24) is 20.2 Å². The highest BCUT2D eigenvalue weighted by Crippen LogP contribution is 2.26. The molecule has 124 valence electrons. The van der Waals surface area contributed by atoms with Crippen LogP contribution in [0.4, 0.5) is 0 Å². The zero-order chi connectivity index (χ0) is 17.5. The maximum absolute atomic E-state index is 12.6. The van der Waals surface area contributed by atoms with Gasteiger partial charge in [0.05, 0.1) is 16.6 Å². The molecule has 0 saturated carbocycles. The lowest BCUT2D eigenvalue weighted by Crippen LogP contribution is -2.00. The minimum absolute atomic E-state index is 0.00568. The molecular weight excluding hydrogens is 324 g/mol. The second-order valence-electron chi connectivity index (χ2n) is 6.13. The van der Waals surface area contributed by atoms with Crippen LogP contribution in [-0.2, 0) is 0 Å². The SMILES string of the molecule is O=C(c1ccccc1)c1ccc2nc(-c3n[nH]c4ccccc34)[nH]c2c1. The van der Waals surface area contributed by atoms with Gasteiger partial charge in [0.1, 0.15) is 5.69 Å². The predicted molar refractivity (Wildman–Crippen MR) is 101 cm³/mol. The van der Waals surface area contributed by atoms with Gasteiger partial charge < -0.3 is 4.98 Å². The zero-order valence-corrected chi connectivity index (χ0v) is 13.7. The molecule has 5 nitrogen and oxygen atoms in total. The first-order valence-corrected chi connectivity index (χ1v) is 8.32. The fourth-order valence-corrected chi connectivity index (χ4v) is 3.16. The number of H-pyrrole nitrogens is 2. The molecule has 2 heterocycles. The van der Waals surface area contributed by atoms with Gasteiger partial charge in [0.2, 0.25) is 0 Å². The van der Waals surface area contributed by atoms with Gasteiger partial charge in [-0.15, -0.1) is 0 Å². The molecule has 0 amide bonds. The highest BCUT2D eigenvalue weighted by molar-refractivity contribution is 6.10. The van der Waals surface area contributed by atoms with Gasteiger partial charge in [-0.25, -0.2) is 4.98 Å². The maximum atomic E-state index is 12.6. The van der Waals surface area contributed by atoms with E-state index in [0.29, 0.717) is 17.0 Å². The number of imidazole rings is 1. The van der Waals surface area contributed by atoms with Crippen molar-refractivity contribution in [2.24, 2.45) is 0 Å². The summed E-state index contributed by atoms with van der Waals surface area (Å²) in [5, 5.41) is 8.40. The van der Waals surface area contributed by atoms with Gasteiger partial charge in [-0.1, -0.05) is 48.5 Å². The number of ketones is 1. The molecule has 0 bridgehead atoms. The van der Waals surface area contributed by atoms with Crippen molar-refractivity contribution in [2.45, 2.75) is 0 Å².